The van der Waals surface area contributed by atoms with Crippen LogP contribution in [0.1, 0.15) is 20.8 Å². The van der Waals surface area contributed by atoms with E-state index in [1.54, 1.807) is 49.4 Å². The van der Waals surface area contributed by atoms with E-state index in [9.17, 15) is 19.2 Å². The highest BCUT2D eigenvalue weighted by molar-refractivity contribution is 6.23. The standard InChI is InChI=1S/C20H19NO7/c1-11(22)26-18(27-12(2)23)20-10-9-19(3,28-20)14-15(20)17(25)21(16(14)24)13-7-5-4-6-8-13/h4-10,14-15,18H,1-3H3/t14-,15+,19-,20-/m0/s1. The van der Waals surface area contributed by atoms with E-state index in [1.807, 2.05) is 0 Å². The predicted molar refractivity (Wildman–Crippen MR) is 94.6 cm³/mol. The molecule has 3 aliphatic rings. The Kier molecular flexibility index (Phi) is 3.94. The van der Waals surface area contributed by atoms with Crippen LogP contribution in [0.2, 0.25) is 0 Å². The fraction of sp³-hybridized carbons (Fsp3) is 0.400. The lowest BCUT2D eigenvalue weighted by Crippen LogP contribution is -2.52. The molecular weight excluding hydrogens is 366 g/mol. The van der Waals surface area contributed by atoms with Gasteiger partial charge in [0.1, 0.15) is 0 Å². The van der Waals surface area contributed by atoms with Crippen molar-refractivity contribution in [2.75, 3.05) is 4.90 Å². The second-order valence-corrected chi connectivity index (χ2v) is 7.33. The molecule has 2 fully saturated rings. The maximum Gasteiger partial charge on any atom is 0.305 e. The minimum Gasteiger partial charge on any atom is -0.422 e. The second kappa shape index (κ2) is 6.00. The normalized spacial score (nSPS) is 32.8. The molecule has 0 aliphatic carbocycles. The Morgan fingerprint density at radius 3 is 2.14 bits per heavy atom. The molecule has 3 aliphatic heterocycles. The van der Waals surface area contributed by atoms with Crippen LogP contribution in [-0.4, -0.2) is 41.2 Å². The van der Waals surface area contributed by atoms with Gasteiger partial charge in [0.25, 0.3) is 6.29 Å². The van der Waals surface area contributed by atoms with Crippen molar-refractivity contribution >= 4 is 29.4 Å². The molecule has 4 rings (SSSR count). The van der Waals surface area contributed by atoms with Crippen LogP contribution < -0.4 is 4.90 Å². The fourth-order valence-corrected chi connectivity index (χ4v) is 4.40. The average Bonchev–Trinajstić information content (AvgIpc) is 3.20. The Hall–Kier alpha value is -3.00. The molecule has 0 radical (unpaired) electrons. The van der Waals surface area contributed by atoms with Gasteiger partial charge in [-0.25, -0.2) is 4.90 Å². The predicted octanol–water partition coefficient (Wildman–Crippen LogP) is 1.34. The highest BCUT2D eigenvalue weighted by Gasteiger charge is 2.75. The zero-order valence-electron chi connectivity index (χ0n) is 15.6. The Morgan fingerprint density at radius 1 is 1.00 bits per heavy atom. The molecule has 8 nitrogen and oxygen atoms in total. The van der Waals surface area contributed by atoms with Gasteiger partial charge in [0.15, 0.2) is 5.60 Å². The SMILES string of the molecule is CC(=O)OC(OC(C)=O)[C@@]12C=C[C@](C)(O1)[C@@H]1C(=O)N(c3ccccc3)C(=O)[C@@H]12. The minimum atomic E-state index is -1.56. The Labute approximate surface area is 161 Å². The van der Waals surface area contributed by atoms with E-state index in [-0.39, 0.29) is 0 Å². The smallest absolute Gasteiger partial charge is 0.305 e. The second-order valence-electron chi connectivity index (χ2n) is 7.33. The van der Waals surface area contributed by atoms with Crippen LogP contribution in [0.5, 0.6) is 0 Å². The third-order valence-electron chi connectivity index (χ3n) is 5.41. The molecule has 0 spiro atoms. The van der Waals surface area contributed by atoms with Crippen molar-refractivity contribution in [1.82, 2.24) is 0 Å². The summed E-state index contributed by atoms with van der Waals surface area (Å²) in [7, 11) is 0. The maximum atomic E-state index is 13.3. The zero-order valence-corrected chi connectivity index (χ0v) is 15.6. The van der Waals surface area contributed by atoms with Crippen LogP contribution in [0.4, 0.5) is 5.69 Å². The first-order valence-corrected chi connectivity index (χ1v) is 8.87. The van der Waals surface area contributed by atoms with Gasteiger partial charge in [-0.3, -0.25) is 19.2 Å². The number of hydrogen-bond acceptors (Lipinski definition) is 7. The van der Waals surface area contributed by atoms with E-state index in [2.05, 4.69) is 0 Å². The number of fused-ring (bicyclic) bond motifs is 5. The molecule has 0 N–H and O–H groups in total. The molecule has 1 aromatic rings. The van der Waals surface area contributed by atoms with Crippen molar-refractivity contribution in [3.8, 4) is 0 Å². The number of carbonyl (C=O) groups is 4. The number of carbonyl (C=O) groups excluding carboxylic acids is 4. The number of amides is 2. The third kappa shape index (κ3) is 2.41. The summed E-state index contributed by atoms with van der Waals surface area (Å²) >= 11 is 0. The molecular formula is C20H19NO7. The summed E-state index contributed by atoms with van der Waals surface area (Å²) in [6.45, 7) is 4.01. The molecule has 0 unspecified atom stereocenters. The first-order valence-electron chi connectivity index (χ1n) is 8.87. The van der Waals surface area contributed by atoms with Crippen molar-refractivity contribution in [3.63, 3.8) is 0 Å². The minimum absolute atomic E-state index is 0.403. The summed E-state index contributed by atoms with van der Waals surface area (Å²) in [4.78, 5) is 50.8. The summed E-state index contributed by atoms with van der Waals surface area (Å²) in [5, 5.41) is 0. The van der Waals surface area contributed by atoms with Crippen LogP contribution in [-0.2, 0) is 33.4 Å². The van der Waals surface area contributed by atoms with Gasteiger partial charge >= 0.3 is 11.9 Å². The van der Waals surface area contributed by atoms with Crippen molar-refractivity contribution in [2.24, 2.45) is 11.8 Å². The molecule has 0 saturated carbocycles. The van der Waals surface area contributed by atoms with E-state index in [4.69, 9.17) is 14.2 Å². The van der Waals surface area contributed by atoms with Gasteiger partial charge in [0.2, 0.25) is 11.8 Å². The van der Waals surface area contributed by atoms with Crippen molar-refractivity contribution < 1.29 is 33.4 Å². The Morgan fingerprint density at radius 2 is 1.57 bits per heavy atom. The van der Waals surface area contributed by atoms with E-state index >= 15 is 0 Å². The lowest BCUT2D eigenvalue weighted by Gasteiger charge is -2.34. The molecule has 2 amide bonds. The number of anilines is 1. The fourth-order valence-electron chi connectivity index (χ4n) is 4.40. The number of ether oxygens (including phenoxy) is 3. The summed E-state index contributed by atoms with van der Waals surface area (Å²) in [5.74, 6) is -4.10. The summed E-state index contributed by atoms with van der Waals surface area (Å²) in [6, 6.07) is 8.57. The van der Waals surface area contributed by atoms with Crippen LogP contribution >= 0.6 is 0 Å². The van der Waals surface area contributed by atoms with E-state index in [0.29, 0.717) is 5.69 Å². The topological polar surface area (TPSA) is 99.2 Å². The van der Waals surface area contributed by atoms with Crippen LogP contribution in [0.15, 0.2) is 42.5 Å². The van der Waals surface area contributed by atoms with Gasteiger partial charge in [-0.2, -0.15) is 0 Å². The van der Waals surface area contributed by atoms with Gasteiger partial charge in [0, 0.05) is 13.8 Å². The van der Waals surface area contributed by atoms with Gasteiger partial charge in [-0.15, -0.1) is 0 Å². The molecule has 1 aromatic carbocycles. The molecule has 3 heterocycles. The van der Waals surface area contributed by atoms with Crippen LogP contribution in [0.25, 0.3) is 0 Å². The van der Waals surface area contributed by atoms with E-state index in [1.165, 1.54) is 0 Å². The van der Waals surface area contributed by atoms with Gasteiger partial charge in [-0.05, 0) is 25.1 Å². The summed E-state index contributed by atoms with van der Waals surface area (Å²) < 4.78 is 16.5. The van der Waals surface area contributed by atoms with E-state index < -0.39 is 53.1 Å². The molecule has 4 atom stereocenters. The van der Waals surface area contributed by atoms with Gasteiger partial charge in [-0.1, -0.05) is 24.3 Å². The largest absolute Gasteiger partial charge is 0.422 e. The van der Waals surface area contributed by atoms with Crippen molar-refractivity contribution in [2.45, 2.75) is 38.3 Å². The number of para-hydroxylation sites is 1. The number of hydrogen-bond donors (Lipinski definition) is 0. The van der Waals surface area contributed by atoms with Crippen molar-refractivity contribution in [1.29, 1.82) is 0 Å². The Balaban J connectivity index is 1.80. The molecule has 146 valence electrons. The lowest BCUT2D eigenvalue weighted by atomic mass is 9.72. The molecule has 28 heavy (non-hydrogen) atoms. The van der Waals surface area contributed by atoms with Gasteiger partial charge < -0.3 is 14.2 Å². The van der Waals surface area contributed by atoms with E-state index in [0.717, 1.165) is 18.7 Å². The number of esters is 2. The first kappa shape index (κ1) is 18.4. The molecule has 8 heteroatoms. The number of nitrogens with zero attached hydrogens (tertiary/aromatic N) is 1. The molecule has 2 saturated heterocycles. The highest BCUT2D eigenvalue weighted by Crippen LogP contribution is 2.59. The Bertz CT molecular complexity index is 894. The number of imide groups is 1. The quantitative estimate of drug-likeness (QED) is 0.334. The lowest BCUT2D eigenvalue weighted by molar-refractivity contribution is -0.231. The van der Waals surface area contributed by atoms with Crippen molar-refractivity contribution in [3.05, 3.63) is 42.5 Å². The first-order chi connectivity index (χ1) is 13.2. The number of benzene rings is 1. The van der Waals surface area contributed by atoms with Crippen LogP contribution in [0, 0.1) is 11.8 Å². The van der Waals surface area contributed by atoms with Gasteiger partial charge in [0.05, 0.1) is 23.1 Å². The average molecular weight is 385 g/mol. The monoisotopic (exact) mass is 385 g/mol. The summed E-state index contributed by atoms with van der Waals surface area (Å²) in [6.07, 6.45) is 1.74. The summed E-state index contributed by atoms with van der Waals surface area (Å²) in [5.41, 5.74) is -2.20. The number of rotatable bonds is 4. The maximum absolute atomic E-state index is 13.3. The molecule has 2 bridgehead atoms. The molecule has 0 aromatic heterocycles. The zero-order chi connectivity index (χ0) is 20.3. The third-order valence-corrected chi connectivity index (χ3v) is 5.41. The highest BCUT2D eigenvalue weighted by atomic mass is 16.7. The van der Waals surface area contributed by atoms with Crippen LogP contribution in [0.3, 0.4) is 0 Å².